The molecule has 3 aliphatic heterocycles. The molecule has 0 saturated heterocycles. The van der Waals surface area contributed by atoms with E-state index in [-0.39, 0.29) is 0 Å². The minimum Gasteiger partial charge on any atom is -0.497 e. The zero-order valence-electron chi connectivity index (χ0n) is 46.5. The predicted octanol–water partition coefficient (Wildman–Crippen LogP) is 10.9. The molecule has 7 heterocycles. The third-order valence-electron chi connectivity index (χ3n) is 17.3. The molecule has 79 heavy (non-hydrogen) atoms. The Kier molecular flexibility index (Phi) is 14.0. The van der Waals surface area contributed by atoms with Gasteiger partial charge in [0.25, 0.3) is 0 Å². The van der Waals surface area contributed by atoms with Crippen molar-refractivity contribution < 1.29 is 29.4 Å². The summed E-state index contributed by atoms with van der Waals surface area (Å²) in [6.07, 6.45) is 6.71. The van der Waals surface area contributed by atoms with Gasteiger partial charge in [0.15, 0.2) is 12.4 Å². The lowest BCUT2D eigenvalue weighted by molar-refractivity contribution is -0.716. The number of aryl methyl sites for hydroxylation is 2. The van der Waals surface area contributed by atoms with Gasteiger partial charge in [0.05, 0.1) is 42.3 Å². The molecule has 0 radical (unpaired) electrons. The van der Waals surface area contributed by atoms with Gasteiger partial charge in [0.1, 0.15) is 35.0 Å². The quantitative estimate of drug-likeness (QED) is 0.0872. The fourth-order valence-electron chi connectivity index (χ4n) is 13.0. The fourth-order valence-corrected chi connectivity index (χ4v) is 13.3. The molecule has 0 amide bonds. The summed E-state index contributed by atoms with van der Waals surface area (Å²) in [7, 11) is 3.83. The van der Waals surface area contributed by atoms with E-state index in [1.165, 1.54) is 49.9 Å². The molecule has 0 fully saturated rings. The van der Waals surface area contributed by atoms with Crippen LogP contribution in [0, 0.1) is 13.8 Å². The van der Waals surface area contributed by atoms with Crippen molar-refractivity contribution in [3.63, 3.8) is 0 Å². The first-order valence-corrected chi connectivity index (χ1v) is 28.5. The van der Waals surface area contributed by atoms with Crippen molar-refractivity contribution in [1.29, 1.82) is 0 Å². The lowest BCUT2D eigenvalue weighted by atomic mass is 9.95. The standard InChI is InChI=1S/C65H72Cl2N7O5/c1-42-8-18-57-49(30-42)52-34-68(6)25-22-59(52)72(57)37-64(4,76)45-12-16-48(17-13-45)79-41-71-29-24-61-54(36-71)51-32-55(66)56(67)33-62(51)74(61)39-65(5,77)46-20-26-69(27-21-46)40-70-28-23-60-53(35-70)50-31-43(2)9-19-58(50)73(60)38-63(3,75)44-10-14-47(78-7)15-11-44/h8-21,26-27,30-33,75-77H,22-25,28-29,34-41H2,1-7H3/q+1. The zero-order chi connectivity index (χ0) is 55.1. The van der Waals surface area contributed by atoms with Crippen LogP contribution in [-0.4, -0.2) is 84.2 Å². The number of rotatable bonds is 15. The molecule has 410 valence electrons. The summed E-state index contributed by atoms with van der Waals surface area (Å²) in [5.74, 6) is 1.50. The fraction of sp³-hybridized carbons (Fsp3) is 0.369. The Bertz CT molecular complexity index is 3760. The van der Waals surface area contributed by atoms with Crippen molar-refractivity contribution in [2.75, 3.05) is 40.5 Å². The Morgan fingerprint density at radius 2 is 0.962 bits per heavy atom. The van der Waals surface area contributed by atoms with E-state index in [1.807, 2.05) is 93.6 Å². The normalized spacial score (nSPS) is 17.6. The van der Waals surface area contributed by atoms with Crippen molar-refractivity contribution in [2.24, 2.45) is 0 Å². The minimum atomic E-state index is -1.21. The maximum absolute atomic E-state index is 12.4. The summed E-state index contributed by atoms with van der Waals surface area (Å²) in [5, 5.41) is 40.8. The van der Waals surface area contributed by atoms with E-state index in [4.69, 9.17) is 32.7 Å². The number of hydrogen-bond acceptors (Lipinski definition) is 8. The summed E-state index contributed by atoms with van der Waals surface area (Å²) in [6.45, 7) is 17.3. The number of methoxy groups -OCH3 is 1. The molecule has 3 N–H and O–H groups in total. The van der Waals surface area contributed by atoms with Crippen molar-refractivity contribution >= 4 is 55.9 Å². The van der Waals surface area contributed by atoms with Crippen LogP contribution < -0.4 is 14.0 Å². The number of ether oxygens (including phenoxy) is 2. The summed E-state index contributed by atoms with van der Waals surface area (Å²) < 4.78 is 20.9. The second kappa shape index (κ2) is 20.7. The van der Waals surface area contributed by atoms with Crippen LogP contribution in [0.25, 0.3) is 32.7 Å². The smallest absolute Gasteiger partial charge is 0.204 e. The molecule has 3 aliphatic rings. The Hall–Kier alpha value is -6.19. The highest BCUT2D eigenvalue weighted by molar-refractivity contribution is 6.42. The highest BCUT2D eigenvalue weighted by Crippen LogP contribution is 2.40. The molecule has 0 aliphatic carbocycles. The third-order valence-corrected chi connectivity index (χ3v) is 18.1. The van der Waals surface area contributed by atoms with Gasteiger partial charge < -0.3 is 43.4 Å². The van der Waals surface area contributed by atoms with Gasteiger partial charge in [-0.15, -0.1) is 0 Å². The molecule has 0 bridgehead atoms. The largest absolute Gasteiger partial charge is 0.497 e. The molecule has 9 aromatic rings. The molecule has 3 unspecified atom stereocenters. The van der Waals surface area contributed by atoms with E-state index in [0.29, 0.717) is 49.6 Å². The third kappa shape index (κ3) is 10.2. The van der Waals surface area contributed by atoms with Gasteiger partial charge in [-0.3, -0.25) is 4.90 Å². The van der Waals surface area contributed by atoms with E-state index in [2.05, 4.69) is 103 Å². The molecule has 14 heteroatoms. The minimum absolute atomic E-state index is 0.331. The Labute approximate surface area is 473 Å². The highest BCUT2D eigenvalue weighted by atomic mass is 35.5. The molecular weight excluding hydrogens is 1030 g/mol. The molecular formula is C65H72Cl2N7O5+. The van der Waals surface area contributed by atoms with Gasteiger partial charge in [0, 0.05) is 115 Å². The molecule has 4 aromatic heterocycles. The van der Waals surface area contributed by atoms with Crippen LogP contribution in [0.15, 0.2) is 122 Å². The van der Waals surface area contributed by atoms with Crippen molar-refractivity contribution in [3.8, 4) is 11.5 Å². The van der Waals surface area contributed by atoms with Gasteiger partial charge in [-0.25, -0.2) is 4.90 Å². The number of hydrogen-bond donors (Lipinski definition) is 3. The molecule has 12 rings (SSSR count). The van der Waals surface area contributed by atoms with Crippen LogP contribution in [-0.2, 0) is 82.0 Å². The molecule has 0 spiro atoms. The number of aliphatic hydroxyl groups is 3. The van der Waals surface area contributed by atoms with E-state index >= 15 is 0 Å². The highest BCUT2D eigenvalue weighted by Gasteiger charge is 2.35. The SMILES string of the molecule is COc1ccc(C(C)(O)Cn2c3c(c4cc(C)ccc42)CN(C[n+]2ccc(C(C)(O)Cn4c5c(c6cc(Cl)c(Cl)cc64)CN(COc4ccc(C(C)(O)Cn6c7c(c8cc(C)ccc86)CN(C)CC7)cc4)CC5)cc2)CC3)cc1. The maximum atomic E-state index is 12.4. The van der Waals surface area contributed by atoms with Crippen LogP contribution in [0.5, 0.6) is 11.5 Å². The lowest BCUT2D eigenvalue weighted by Gasteiger charge is -2.30. The first-order chi connectivity index (χ1) is 37.8. The first-order valence-electron chi connectivity index (χ1n) is 27.7. The van der Waals surface area contributed by atoms with Crippen LogP contribution in [0.4, 0.5) is 0 Å². The number of halogens is 2. The monoisotopic (exact) mass is 1100 g/mol. The average Bonchev–Trinajstić information content (AvgIpc) is 4.17. The lowest BCUT2D eigenvalue weighted by Crippen LogP contribution is -2.45. The van der Waals surface area contributed by atoms with Crippen molar-refractivity contribution in [2.45, 2.75) is 117 Å². The average molecular weight is 1100 g/mol. The number of benzene rings is 5. The van der Waals surface area contributed by atoms with Crippen LogP contribution in [0.1, 0.15) is 82.4 Å². The first kappa shape index (κ1) is 53.5. The molecule has 12 nitrogen and oxygen atoms in total. The van der Waals surface area contributed by atoms with Crippen LogP contribution >= 0.6 is 23.2 Å². The topological polar surface area (TPSA) is 108 Å². The summed E-state index contributed by atoms with van der Waals surface area (Å²) >= 11 is 13.5. The maximum Gasteiger partial charge on any atom is 0.204 e. The Morgan fingerprint density at radius 1 is 0.519 bits per heavy atom. The number of pyridine rings is 1. The predicted molar refractivity (Wildman–Crippen MR) is 314 cm³/mol. The van der Waals surface area contributed by atoms with E-state index in [9.17, 15) is 15.3 Å². The van der Waals surface area contributed by atoms with Crippen molar-refractivity contribution in [3.05, 3.63) is 193 Å². The second-order valence-corrected chi connectivity index (χ2v) is 24.4. The van der Waals surface area contributed by atoms with E-state index in [0.717, 1.165) is 108 Å². The summed E-state index contributed by atoms with van der Waals surface area (Å²) in [6, 6.07) is 36.9. The Morgan fingerprint density at radius 3 is 1.51 bits per heavy atom. The molecule has 0 saturated carbocycles. The van der Waals surface area contributed by atoms with Gasteiger partial charge in [-0.2, -0.15) is 4.57 Å². The van der Waals surface area contributed by atoms with E-state index < -0.39 is 16.8 Å². The second-order valence-electron chi connectivity index (χ2n) is 23.5. The summed E-state index contributed by atoms with van der Waals surface area (Å²) in [4.78, 5) is 7.14. The number of aromatic nitrogens is 4. The number of fused-ring (bicyclic) bond motifs is 9. The van der Waals surface area contributed by atoms with E-state index in [1.54, 1.807) is 7.11 Å². The Balaban J connectivity index is 0.714. The van der Waals surface area contributed by atoms with Crippen LogP contribution in [0.3, 0.4) is 0 Å². The van der Waals surface area contributed by atoms with Gasteiger partial charge >= 0.3 is 0 Å². The number of likely N-dealkylation sites (N-methyl/N-ethyl adjacent to an activating group) is 1. The van der Waals surface area contributed by atoms with Gasteiger partial charge in [-0.05, 0) is 136 Å². The number of nitrogens with zero attached hydrogens (tertiary/aromatic N) is 7. The zero-order valence-corrected chi connectivity index (χ0v) is 48.0. The summed E-state index contributed by atoms with van der Waals surface area (Å²) in [5.41, 5.74) is 12.4. The molecule has 3 atom stereocenters. The van der Waals surface area contributed by atoms with Crippen molar-refractivity contribution in [1.82, 2.24) is 28.4 Å². The molecule has 5 aromatic carbocycles. The van der Waals surface area contributed by atoms with Gasteiger partial charge in [-0.1, -0.05) is 70.7 Å². The van der Waals surface area contributed by atoms with Crippen LogP contribution in [0.2, 0.25) is 10.0 Å². The van der Waals surface area contributed by atoms with Gasteiger partial charge in [0.2, 0.25) is 6.67 Å².